The van der Waals surface area contributed by atoms with E-state index in [0.717, 1.165) is 12.8 Å². The van der Waals surface area contributed by atoms with Gasteiger partial charge in [0.15, 0.2) is 29.6 Å². The number of rotatable bonds is 9. The molecule has 0 unspecified atom stereocenters. The molecule has 2 aromatic carbocycles. The zero-order valence-electron chi connectivity index (χ0n) is 17.6. The number of phenolic OH excluding ortho intramolecular Hbond substituents is 1. The number of phenols is 1. The fraction of sp³-hybridized carbons (Fsp3) is 0.304. The highest BCUT2D eigenvalue weighted by Crippen LogP contribution is 2.35. The van der Waals surface area contributed by atoms with Gasteiger partial charge >= 0.3 is 5.97 Å². The molecular weight excluding hydrogens is 404 g/mol. The van der Waals surface area contributed by atoms with Crippen LogP contribution in [0.4, 0.5) is 0 Å². The van der Waals surface area contributed by atoms with Crippen LogP contribution in [0.1, 0.15) is 30.1 Å². The molecule has 0 spiro atoms. The summed E-state index contributed by atoms with van der Waals surface area (Å²) in [6.45, 7) is 2.14. The summed E-state index contributed by atoms with van der Waals surface area (Å²) < 4.78 is 26.9. The van der Waals surface area contributed by atoms with Crippen LogP contribution in [0.25, 0.3) is 22.3 Å². The van der Waals surface area contributed by atoms with Crippen molar-refractivity contribution >= 4 is 16.9 Å². The molecule has 1 aromatic heterocycles. The molecule has 0 radical (unpaired) electrons. The molecule has 8 nitrogen and oxygen atoms in total. The van der Waals surface area contributed by atoms with Crippen molar-refractivity contribution in [3.05, 3.63) is 52.2 Å². The topological polar surface area (TPSA) is 104 Å². The van der Waals surface area contributed by atoms with Gasteiger partial charge in [-0.3, -0.25) is 4.79 Å². The zero-order valence-corrected chi connectivity index (χ0v) is 17.6. The molecule has 31 heavy (non-hydrogen) atoms. The molecule has 0 saturated carbocycles. The van der Waals surface area contributed by atoms with Crippen molar-refractivity contribution < 1.29 is 33.3 Å². The Kier molecular flexibility index (Phi) is 7.15. The predicted octanol–water partition coefficient (Wildman–Crippen LogP) is 4.11. The van der Waals surface area contributed by atoms with E-state index in [1.165, 1.54) is 26.4 Å². The summed E-state index contributed by atoms with van der Waals surface area (Å²) in [5.41, 5.74) is -0.521. The van der Waals surface area contributed by atoms with E-state index >= 15 is 0 Å². The van der Waals surface area contributed by atoms with E-state index in [4.69, 9.17) is 23.4 Å². The number of methoxy groups -OCH3 is 2. The Morgan fingerprint density at radius 2 is 1.87 bits per heavy atom. The third-order valence-electron chi connectivity index (χ3n) is 4.66. The van der Waals surface area contributed by atoms with Gasteiger partial charge in [-0.2, -0.15) is 0 Å². The van der Waals surface area contributed by atoms with Gasteiger partial charge in [-0.05, 0) is 36.8 Å². The molecule has 1 heterocycles. The molecule has 0 fully saturated rings. The molecule has 164 valence electrons. The first-order chi connectivity index (χ1) is 15.0. The second-order valence-electron chi connectivity index (χ2n) is 6.67. The van der Waals surface area contributed by atoms with Gasteiger partial charge < -0.3 is 28.5 Å². The van der Waals surface area contributed by atoms with E-state index in [1.54, 1.807) is 24.3 Å². The summed E-state index contributed by atoms with van der Waals surface area (Å²) in [5, 5.41) is 10.1. The Hall–Kier alpha value is -3.52. The van der Waals surface area contributed by atoms with E-state index in [0.29, 0.717) is 23.7 Å². The van der Waals surface area contributed by atoms with Gasteiger partial charge in [0.05, 0.1) is 20.8 Å². The summed E-state index contributed by atoms with van der Waals surface area (Å²) in [5.74, 6) is -0.359. The lowest BCUT2D eigenvalue weighted by atomic mass is 10.0. The minimum Gasteiger partial charge on any atom is -0.507 e. The minimum atomic E-state index is -0.916. The Balaban J connectivity index is 2.12. The first-order valence-corrected chi connectivity index (χ1v) is 9.77. The highest BCUT2D eigenvalue weighted by atomic mass is 16.7. The highest BCUT2D eigenvalue weighted by molar-refractivity contribution is 6.00. The minimum absolute atomic E-state index is 0.0115. The third kappa shape index (κ3) is 4.64. The molecule has 0 amide bonds. The molecule has 0 bridgehead atoms. The second kappa shape index (κ2) is 9.99. The van der Waals surface area contributed by atoms with Crippen molar-refractivity contribution in [2.75, 3.05) is 27.6 Å². The van der Waals surface area contributed by atoms with E-state index in [2.05, 4.69) is 0 Å². The van der Waals surface area contributed by atoms with Crippen LogP contribution in [0.15, 0.2) is 45.6 Å². The Labute approximate surface area is 178 Å². The summed E-state index contributed by atoms with van der Waals surface area (Å²) in [6, 6.07) is 9.26. The molecule has 1 N–H and O–H groups in total. The molecule has 3 rings (SSSR count). The maximum Gasteiger partial charge on any atom is 0.348 e. The van der Waals surface area contributed by atoms with Gasteiger partial charge in [-0.15, -0.1) is 0 Å². The number of ether oxygens (including phenoxy) is 4. The molecule has 0 aliphatic carbocycles. The smallest absolute Gasteiger partial charge is 0.348 e. The number of hydrogen-bond acceptors (Lipinski definition) is 8. The van der Waals surface area contributed by atoms with Crippen LogP contribution in [-0.4, -0.2) is 38.7 Å². The summed E-state index contributed by atoms with van der Waals surface area (Å²) >= 11 is 0. The van der Waals surface area contributed by atoms with Crippen molar-refractivity contribution in [3.8, 4) is 28.6 Å². The van der Waals surface area contributed by atoms with Crippen molar-refractivity contribution in [1.82, 2.24) is 0 Å². The maximum absolute atomic E-state index is 13.2. The van der Waals surface area contributed by atoms with E-state index in [-0.39, 0.29) is 34.8 Å². The Morgan fingerprint density at radius 1 is 1.10 bits per heavy atom. The zero-order chi connectivity index (χ0) is 22.4. The normalized spacial score (nSPS) is 10.8. The maximum atomic E-state index is 13.2. The van der Waals surface area contributed by atoms with E-state index < -0.39 is 11.4 Å². The molecule has 3 aromatic rings. The first kappa shape index (κ1) is 22.2. The number of aromatic hydroxyl groups is 1. The van der Waals surface area contributed by atoms with Crippen LogP contribution in [0.3, 0.4) is 0 Å². The van der Waals surface area contributed by atoms with Crippen LogP contribution in [0.2, 0.25) is 0 Å². The lowest BCUT2D eigenvalue weighted by molar-refractivity contribution is -0.0321. The summed E-state index contributed by atoms with van der Waals surface area (Å²) in [6.07, 6.45) is 1.76. The SMILES string of the molecule is CCCCOCOC(=O)c1c(-c2ccc(OC)c(OC)c2)oc2cccc(O)c2c1=O. The Morgan fingerprint density at radius 3 is 2.58 bits per heavy atom. The largest absolute Gasteiger partial charge is 0.507 e. The average molecular weight is 428 g/mol. The number of carbonyl (C=O) groups excluding carboxylic acids is 1. The van der Waals surface area contributed by atoms with Crippen LogP contribution in [0, 0.1) is 0 Å². The van der Waals surface area contributed by atoms with Gasteiger partial charge in [-0.25, -0.2) is 4.79 Å². The number of esters is 1. The number of benzene rings is 2. The fourth-order valence-electron chi connectivity index (χ4n) is 3.06. The number of fused-ring (bicyclic) bond motifs is 1. The van der Waals surface area contributed by atoms with Crippen LogP contribution < -0.4 is 14.9 Å². The number of carbonyl (C=O) groups is 1. The predicted molar refractivity (Wildman–Crippen MR) is 114 cm³/mol. The lowest BCUT2D eigenvalue weighted by Gasteiger charge is -2.13. The van der Waals surface area contributed by atoms with Gasteiger partial charge in [0.25, 0.3) is 0 Å². The van der Waals surface area contributed by atoms with Crippen molar-refractivity contribution in [3.63, 3.8) is 0 Å². The molecular formula is C23H24O8. The number of unbranched alkanes of at least 4 members (excludes halogenated alkanes) is 1. The average Bonchev–Trinajstić information content (AvgIpc) is 2.78. The monoisotopic (exact) mass is 428 g/mol. The highest BCUT2D eigenvalue weighted by Gasteiger charge is 2.25. The lowest BCUT2D eigenvalue weighted by Crippen LogP contribution is -2.20. The van der Waals surface area contributed by atoms with E-state index in [1.807, 2.05) is 6.92 Å². The first-order valence-electron chi connectivity index (χ1n) is 9.77. The van der Waals surface area contributed by atoms with Crippen LogP contribution in [-0.2, 0) is 9.47 Å². The van der Waals surface area contributed by atoms with Crippen molar-refractivity contribution in [2.24, 2.45) is 0 Å². The second-order valence-corrected chi connectivity index (χ2v) is 6.67. The summed E-state index contributed by atoms with van der Waals surface area (Å²) in [7, 11) is 2.97. The van der Waals surface area contributed by atoms with E-state index in [9.17, 15) is 14.7 Å². The molecule has 0 aliphatic rings. The van der Waals surface area contributed by atoms with Gasteiger partial charge in [0, 0.05) is 5.56 Å². The van der Waals surface area contributed by atoms with Crippen LogP contribution >= 0.6 is 0 Å². The molecule has 0 aliphatic heterocycles. The Bertz CT molecular complexity index is 1130. The van der Waals surface area contributed by atoms with Crippen molar-refractivity contribution in [2.45, 2.75) is 19.8 Å². The van der Waals surface area contributed by atoms with Gasteiger partial charge in [0.2, 0.25) is 5.43 Å². The van der Waals surface area contributed by atoms with Crippen LogP contribution in [0.5, 0.6) is 17.2 Å². The number of hydrogen-bond donors (Lipinski definition) is 1. The third-order valence-corrected chi connectivity index (χ3v) is 4.66. The summed E-state index contributed by atoms with van der Waals surface area (Å²) in [4.78, 5) is 26.0. The van der Waals surface area contributed by atoms with Gasteiger partial charge in [0.1, 0.15) is 16.7 Å². The quantitative estimate of drug-likeness (QED) is 0.308. The fourth-order valence-corrected chi connectivity index (χ4v) is 3.06. The standard InChI is InChI=1S/C23H24O8/c1-4-5-11-29-13-30-23(26)20-21(25)19-15(24)7-6-8-17(19)31-22(20)14-9-10-16(27-2)18(12-14)28-3/h6-10,12,24H,4-5,11,13H2,1-3H3. The van der Waals surface area contributed by atoms with Gasteiger partial charge in [-0.1, -0.05) is 19.4 Å². The molecule has 0 atom stereocenters. The molecule has 8 heteroatoms. The molecule has 0 saturated heterocycles. The van der Waals surface area contributed by atoms with Crippen molar-refractivity contribution in [1.29, 1.82) is 0 Å².